The van der Waals surface area contributed by atoms with E-state index in [2.05, 4.69) is 10.6 Å². The van der Waals surface area contributed by atoms with Crippen molar-refractivity contribution in [1.29, 1.82) is 0 Å². The van der Waals surface area contributed by atoms with Crippen LogP contribution in [0.3, 0.4) is 0 Å². The molecular formula is C30H26N4O4. The van der Waals surface area contributed by atoms with Crippen LogP contribution in [0.15, 0.2) is 72.8 Å². The summed E-state index contributed by atoms with van der Waals surface area (Å²) in [6.45, 7) is 2.73. The van der Waals surface area contributed by atoms with Crippen molar-refractivity contribution in [1.82, 2.24) is 20.4 Å². The van der Waals surface area contributed by atoms with Crippen molar-refractivity contribution < 1.29 is 19.2 Å². The Bertz CT molecular complexity index is 1400. The first-order valence-electron chi connectivity index (χ1n) is 12.7. The van der Waals surface area contributed by atoms with Crippen LogP contribution in [0.5, 0.6) is 0 Å². The monoisotopic (exact) mass is 506 g/mol. The number of nitrogens with one attached hydrogen (secondary N) is 2. The van der Waals surface area contributed by atoms with E-state index in [0.717, 1.165) is 21.5 Å². The zero-order chi connectivity index (χ0) is 26.2. The molecule has 2 N–H and O–H groups in total. The van der Waals surface area contributed by atoms with Crippen molar-refractivity contribution in [2.45, 2.75) is 0 Å². The van der Waals surface area contributed by atoms with Gasteiger partial charge in [0.2, 0.25) is 0 Å². The summed E-state index contributed by atoms with van der Waals surface area (Å²) in [5.74, 6) is -1.04. The molecule has 0 saturated carbocycles. The van der Waals surface area contributed by atoms with E-state index in [-0.39, 0.29) is 36.7 Å². The third-order valence-electron chi connectivity index (χ3n) is 7.18. The number of carbonyl (C=O) groups is 4. The second-order valence-corrected chi connectivity index (χ2v) is 9.51. The Morgan fingerprint density at radius 2 is 0.737 bits per heavy atom. The quantitative estimate of drug-likeness (QED) is 0.268. The van der Waals surface area contributed by atoms with Gasteiger partial charge in [0.05, 0.1) is 22.3 Å². The maximum Gasteiger partial charge on any atom is 0.261 e. The maximum atomic E-state index is 12.8. The van der Waals surface area contributed by atoms with E-state index >= 15 is 0 Å². The van der Waals surface area contributed by atoms with Crippen LogP contribution in [0.1, 0.15) is 41.4 Å². The first-order chi connectivity index (χ1) is 18.5. The van der Waals surface area contributed by atoms with Crippen molar-refractivity contribution >= 4 is 45.2 Å². The topological polar surface area (TPSA) is 98.8 Å². The summed E-state index contributed by atoms with van der Waals surface area (Å²) in [5.41, 5.74) is 1.82. The zero-order valence-corrected chi connectivity index (χ0v) is 20.7. The minimum atomic E-state index is -0.260. The van der Waals surface area contributed by atoms with Gasteiger partial charge in [-0.1, -0.05) is 48.5 Å². The minimum absolute atomic E-state index is 0.260. The molecule has 0 aromatic heterocycles. The average Bonchev–Trinajstić information content (AvgIpc) is 3.31. The highest BCUT2D eigenvalue weighted by Gasteiger charge is 2.36. The van der Waals surface area contributed by atoms with Crippen molar-refractivity contribution in [3.05, 3.63) is 95.1 Å². The second kappa shape index (κ2) is 9.81. The number of amides is 4. The molecule has 0 aliphatic carbocycles. The molecule has 4 aromatic carbocycles. The number of carbonyl (C=O) groups excluding carboxylic acids is 4. The summed E-state index contributed by atoms with van der Waals surface area (Å²) in [7, 11) is 0. The van der Waals surface area contributed by atoms with E-state index in [1.165, 1.54) is 9.80 Å². The standard InChI is InChI=1S/C30H26N4O4/c35-27-23-15-19-5-1-2-6-20(19)16-24(23)28(36)33(27)13-11-31-9-10-32-12-14-34-29(37)25-17-21-7-3-4-8-22(21)18-26(25)30(34)38/h1-8,15-18,31-32H,9-14H2. The van der Waals surface area contributed by atoms with Crippen molar-refractivity contribution in [2.24, 2.45) is 0 Å². The smallest absolute Gasteiger partial charge is 0.261 e. The van der Waals surface area contributed by atoms with Gasteiger partial charge in [-0.15, -0.1) is 0 Å². The van der Waals surface area contributed by atoms with Gasteiger partial charge in [0.15, 0.2) is 0 Å². The highest BCUT2D eigenvalue weighted by Crippen LogP contribution is 2.29. The molecule has 0 saturated heterocycles. The Hall–Kier alpha value is -4.40. The Morgan fingerprint density at radius 3 is 1.03 bits per heavy atom. The molecule has 0 atom stereocenters. The Labute approximate surface area is 219 Å². The summed E-state index contributed by atoms with van der Waals surface area (Å²) >= 11 is 0. The third-order valence-corrected chi connectivity index (χ3v) is 7.18. The van der Waals surface area contributed by atoms with E-state index in [4.69, 9.17) is 0 Å². The van der Waals surface area contributed by atoms with Crippen LogP contribution in [0.2, 0.25) is 0 Å². The molecule has 4 aromatic rings. The predicted molar refractivity (Wildman–Crippen MR) is 144 cm³/mol. The van der Waals surface area contributed by atoms with Crippen LogP contribution in [0.25, 0.3) is 21.5 Å². The average molecular weight is 507 g/mol. The number of benzene rings is 4. The number of imide groups is 2. The number of nitrogens with zero attached hydrogens (tertiary/aromatic N) is 2. The van der Waals surface area contributed by atoms with Crippen LogP contribution in [-0.4, -0.2) is 72.7 Å². The van der Waals surface area contributed by atoms with Crippen molar-refractivity contribution in [2.75, 3.05) is 39.3 Å². The van der Waals surface area contributed by atoms with Crippen LogP contribution in [-0.2, 0) is 0 Å². The molecule has 2 aliphatic heterocycles. The van der Waals surface area contributed by atoms with E-state index in [9.17, 15) is 19.2 Å². The molecule has 0 unspecified atom stereocenters. The molecular weight excluding hydrogens is 480 g/mol. The maximum absolute atomic E-state index is 12.8. The first kappa shape index (κ1) is 24.0. The zero-order valence-electron chi connectivity index (χ0n) is 20.7. The first-order valence-corrected chi connectivity index (χ1v) is 12.7. The van der Waals surface area contributed by atoms with Gasteiger partial charge < -0.3 is 10.6 Å². The fraction of sp³-hybridized carbons (Fsp3) is 0.200. The fourth-order valence-corrected chi connectivity index (χ4v) is 5.17. The summed E-state index contributed by atoms with van der Waals surface area (Å²) in [6, 6.07) is 22.5. The van der Waals surface area contributed by atoms with Crippen molar-refractivity contribution in [3.8, 4) is 0 Å². The minimum Gasteiger partial charge on any atom is -0.314 e. The lowest BCUT2D eigenvalue weighted by Gasteiger charge is -2.15. The molecule has 4 amide bonds. The molecule has 190 valence electrons. The molecule has 0 fully saturated rings. The van der Waals surface area contributed by atoms with Crippen molar-refractivity contribution in [3.63, 3.8) is 0 Å². The number of hydrogen-bond acceptors (Lipinski definition) is 6. The largest absolute Gasteiger partial charge is 0.314 e. The molecule has 38 heavy (non-hydrogen) atoms. The Kier molecular flexibility index (Phi) is 6.19. The Balaban J connectivity index is 0.943. The third kappa shape index (κ3) is 4.13. The van der Waals surface area contributed by atoms with Gasteiger partial charge in [-0.25, -0.2) is 0 Å². The van der Waals surface area contributed by atoms with Gasteiger partial charge >= 0.3 is 0 Å². The molecule has 0 bridgehead atoms. The Morgan fingerprint density at radius 1 is 0.447 bits per heavy atom. The highest BCUT2D eigenvalue weighted by atomic mass is 16.2. The lowest BCUT2D eigenvalue weighted by atomic mass is 10.0. The molecule has 8 nitrogen and oxygen atoms in total. The second-order valence-electron chi connectivity index (χ2n) is 9.51. The van der Waals surface area contributed by atoms with E-state index < -0.39 is 0 Å². The summed E-state index contributed by atoms with van der Waals surface area (Å²) in [4.78, 5) is 53.7. The lowest BCUT2D eigenvalue weighted by Crippen LogP contribution is -2.40. The SMILES string of the molecule is O=C1c2cc3ccccc3cc2C(=O)N1CCNCCNCCN1C(=O)c2cc3ccccc3cc2C1=O. The lowest BCUT2D eigenvalue weighted by molar-refractivity contribution is 0.0639. The van der Waals surface area contributed by atoms with Crippen LogP contribution in [0.4, 0.5) is 0 Å². The van der Waals surface area contributed by atoms with E-state index in [1.54, 1.807) is 24.3 Å². The number of hydrogen-bond donors (Lipinski definition) is 2. The molecule has 8 heteroatoms. The molecule has 0 spiro atoms. The van der Waals surface area contributed by atoms with Gasteiger partial charge in [-0.05, 0) is 45.8 Å². The molecule has 2 heterocycles. The molecule has 0 radical (unpaired) electrons. The summed E-state index contributed by atoms with van der Waals surface area (Å²) < 4.78 is 0. The van der Waals surface area contributed by atoms with Crippen LogP contribution in [0, 0.1) is 0 Å². The summed E-state index contributed by atoms with van der Waals surface area (Å²) in [6.07, 6.45) is 0. The molecule has 6 rings (SSSR count). The van der Waals surface area contributed by atoms with Gasteiger partial charge in [-0.2, -0.15) is 0 Å². The van der Waals surface area contributed by atoms with Gasteiger partial charge in [0, 0.05) is 39.3 Å². The van der Waals surface area contributed by atoms with Gasteiger partial charge in [-0.3, -0.25) is 29.0 Å². The predicted octanol–water partition coefficient (Wildman–Crippen LogP) is 3.06. The fourth-order valence-electron chi connectivity index (χ4n) is 5.17. The van der Waals surface area contributed by atoms with E-state index in [0.29, 0.717) is 48.4 Å². The molecule has 2 aliphatic rings. The normalized spacial score (nSPS) is 14.7. The van der Waals surface area contributed by atoms with Crippen LogP contribution >= 0.6 is 0 Å². The van der Waals surface area contributed by atoms with Crippen LogP contribution < -0.4 is 10.6 Å². The van der Waals surface area contributed by atoms with E-state index in [1.807, 2.05) is 48.5 Å². The summed E-state index contributed by atoms with van der Waals surface area (Å²) in [5, 5.41) is 10.2. The highest BCUT2D eigenvalue weighted by molar-refractivity contribution is 6.24. The number of fused-ring (bicyclic) bond motifs is 4. The van der Waals surface area contributed by atoms with Gasteiger partial charge in [0.25, 0.3) is 23.6 Å². The van der Waals surface area contributed by atoms with Gasteiger partial charge in [0.1, 0.15) is 0 Å². The number of rotatable bonds is 9.